The number of phosphoric acid groups is 2. The third kappa shape index (κ3) is 14.8. The molecular weight excluding hydrogens is 354 g/mol. The second kappa shape index (κ2) is 11.0. The lowest BCUT2D eigenvalue weighted by Gasteiger charge is -2.34. The minimum absolute atomic E-state index is 0.430. The third-order valence-electron chi connectivity index (χ3n) is 2.67. The van der Waals surface area contributed by atoms with Crippen molar-refractivity contribution in [1.82, 2.24) is 0 Å². The molecule has 0 saturated heterocycles. The Bertz CT molecular complexity index is 607. The van der Waals surface area contributed by atoms with Crippen LogP contribution in [0.25, 0.3) is 0 Å². The summed E-state index contributed by atoms with van der Waals surface area (Å²) in [5.74, 6) is 0. The second-order valence-electron chi connectivity index (χ2n) is 5.41. The zero-order valence-corrected chi connectivity index (χ0v) is 16.0. The van der Waals surface area contributed by atoms with Gasteiger partial charge in [-0.25, -0.2) is 0 Å². The summed E-state index contributed by atoms with van der Waals surface area (Å²) in [4.78, 5) is 31.5. The van der Waals surface area contributed by atoms with E-state index < -0.39 is 22.3 Å². The van der Waals surface area contributed by atoms with Gasteiger partial charge in [0.25, 0.3) is 7.82 Å². The molecule has 0 bridgehead atoms. The Hall–Kier alpha value is -0.780. The highest BCUT2D eigenvalue weighted by molar-refractivity contribution is 7.58. The summed E-state index contributed by atoms with van der Waals surface area (Å²) < 4.78 is 28.8. The summed E-state index contributed by atoms with van der Waals surface area (Å²) >= 11 is 0. The highest BCUT2D eigenvalue weighted by Gasteiger charge is 2.10. The Morgan fingerprint density at radius 2 is 1.67 bits per heavy atom. The van der Waals surface area contributed by atoms with Crippen LogP contribution in [0.15, 0.2) is 47.1 Å². The molecule has 0 aromatic heterocycles. The van der Waals surface area contributed by atoms with E-state index in [1.165, 1.54) is 17.2 Å². The van der Waals surface area contributed by atoms with Crippen molar-refractivity contribution in [3.8, 4) is 0 Å². The van der Waals surface area contributed by atoms with E-state index in [1.807, 2.05) is 32.9 Å². The highest BCUT2D eigenvalue weighted by Crippen LogP contribution is 2.50. The summed E-state index contributed by atoms with van der Waals surface area (Å²) in [6, 6.07) is 0. The molecule has 138 valence electrons. The maximum Gasteiger partial charge on any atom is 0.272 e. The largest absolute Gasteiger partial charge is 0.790 e. The molecule has 0 aliphatic rings. The molecule has 0 saturated carbocycles. The van der Waals surface area contributed by atoms with Gasteiger partial charge in [-0.2, -0.15) is 0 Å². The molecule has 24 heavy (non-hydrogen) atoms. The number of phosphoric ester groups is 1. The smallest absolute Gasteiger partial charge is 0.272 e. The van der Waals surface area contributed by atoms with E-state index in [1.54, 1.807) is 13.0 Å². The molecule has 9 heteroatoms. The van der Waals surface area contributed by atoms with E-state index in [4.69, 9.17) is 0 Å². The molecule has 0 N–H and O–H groups in total. The van der Waals surface area contributed by atoms with E-state index in [0.717, 1.165) is 12.8 Å². The molecule has 0 aliphatic heterocycles. The molecule has 0 fully saturated rings. The number of hydrogen-bond donors (Lipinski definition) is 0. The van der Waals surface area contributed by atoms with E-state index in [9.17, 15) is 23.8 Å². The maximum absolute atomic E-state index is 11.0. The Labute approximate surface area is 143 Å². The average molecular weight is 377 g/mol. The van der Waals surface area contributed by atoms with Gasteiger partial charge in [-0.05, 0) is 40.5 Å². The van der Waals surface area contributed by atoms with Gasteiger partial charge in [0.05, 0.1) is 14.4 Å². The van der Waals surface area contributed by atoms with Gasteiger partial charge in [0, 0.05) is 0 Å². The van der Waals surface area contributed by atoms with Gasteiger partial charge in [0.15, 0.2) is 0 Å². The fourth-order valence-electron chi connectivity index (χ4n) is 1.51. The minimum Gasteiger partial charge on any atom is -0.790 e. The highest BCUT2D eigenvalue weighted by atomic mass is 31.3. The molecule has 0 aromatic carbocycles. The van der Waals surface area contributed by atoms with Crippen LogP contribution >= 0.6 is 15.6 Å². The number of hydrogen-bond acceptors (Lipinski definition) is 7. The first-order valence-corrected chi connectivity index (χ1v) is 10.2. The predicted octanol–water partition coefficient (Wildman–Crippen LogP) is 2.51. The van der Waals surface area contributed by atoms with Gasteiger partial charge in [0.1, 0.15) is 0 Å². The first kappa shape index (κ1) is 23.2. The van der Waals surface area contributed by atoms with Crippen molar-refractivity contribution < 1.29 is 32.6 Å². The molecule has 0 heterocycles. The Kier molecular flexibility index (Phi) is 10.6. The van der Waals surface area contributed by atoms with Crippen molar-refractivity contribution in [3.63, 3.8) is 0 Å². The Morgan fingerprint density at radius 3 is 2.21 bits per heavy atom. The van der Waals surface area contributed by atoms with Gasteiger partial charge < -0.3 is 23.8 Å². The maximum atomic E-state index is 11.0. The van der Waals surface area contributed by atoms with Crippen molar-refractivity contribution in [3.05, 3.63) is 47.1 Å². The van der Waals surface area contributed by atoms with Crippen molar-refractivity contribution in [2.75, 3.05) is 6.61 Å². The van der Waals surface area contributed by atoms with Crippen LogP contribution in [0.2, 0.25) is 0 Å². The molecule has 0 rings (SSSR count). The number of rotatable bonds is 10. The first-order valence-electron chi connectivity index (χ1n) is 7.24. The molecular formula is C15H23O7P2-3. The van der Waals surface area contributed by atoms with Gasteiger partial charge in [-0.15, -0.1) is 0 Å². The van der Waals surface area contributed by atoms with E-state index >= 15 is 0 Å². The normalized spacial score (nSPS) is 16.3. The topological polar surface area (TPSA) is 122 Å². The van der Waals surface area contributed by atoms with Gasteiger partial charge in [-0.3, -0.25) is 8.88 Å². The lowest BCUT2D eigenvalue weighted by Crippen LogP contribution is -2.19. The molecule has 7 nitrogen and oxygen atoms in total. The average Bonchev–Trinajstić information content (AvgIpc) is 2.34. The van der Waals surface area contributed by atoms with Crippen LogP contribution < -0.4 is 14.7 Å². The van der Waals surface area contributed by atoms with Crippen molar-refractivity contribution in [2.24, 2.45) is 0 Å². The lowest BCUT2D eigenvalue weighted by molar-refractivity contribution is -0.339. The minimum atomic E-state index is -5.64. The van der Waals surface area contributed by atoms with Crippen LogP contribution in [0.5, 0.6) is 0 Å². The summed E-state index contributed by atoms with van der Waals surface area (Å²) in [6.07, 6.45) is 11.0. The standard InChI is InChI=1S/C15H26O7P2/c1-13(2)7-5-8-14(3)9-6-10-15(4)11-12-21-24(19,20)22-23(16,17)18/h6-7,9-11H,5,8,12H2,1-4H3,(H,19,20)(H2,16,17,18)/p-3/b10-6+,14-9+,15-11+. The number of allylic oxidation sites excluding steroid dienone is 7. The van der Waals surface area contributed by atoms with Crippen molar-refractivity contribution in [2.45, 2.75) is 40.5 Å². The fraction of sp³-hybridized carbons (Fsp3) is 0.467. The van der Waals surface area contributed by atoms with Gasteiger partial charge >= 0.3 is 0 Å². The Morgan fingerprint density at radius 1 is 1.04 bits per heavy atom. The van der Waals surface area contributed by atoms with Crippen LogP contribution in [0, 0.1) is 0 Å². The molecule has 0 aromatic rings. The van der Waals surface area contributed by atoms with Crippen LogP contribution in [0.4, 0.5) is 0 Å². The van der Waals surface area contributed by atoms with Crippen LogP contribution in [0.1, 0.15) is 40.5 Å². The predicted molar refractivity (Wildman–Crippen MR) is 87.6 cm³/mol. The first-order chi connectivity index (χ1) is 10.9. The lowest BCUT2D eigenvalue weighted by atomic mass is 10.1. The van der Waals surface area contributed by atoms with E-state index in [2.05, 4.69) is 14.9 Å². The molecule has 0 radical (unpaired) electrons. The quantitative estimate of drug-likeness (QED) is 0.326. The molecule has 1 unspecified atom stereocenters. The van der Waals surface area contributed by atoms with Crippen molar-refractivity contribution in [1.29, 1.82) is 0 Å². The Balaban J connectivity index is 4.38. The molecule has 0 aliphatic carbocycles. The zero-order chi connectivity index (χ0) is 18.8. The zero-order valence-electron chi connectivity index (χ0n) is 14.3. The summed E-state index contributed by atoms with van der Waals surface area (Å²) in [5.41, 5.74) is 3.18. The van der Waals surface area contributed by atoms with Gasteiger partial charge in [0.2, 0.25) is 0 Å². The molecule has 1 atom stereocenters. The summed E-state index contributed by atoms with van der Waals surface area (Å²) in [5, 5.41) is 0. The van der Waals surface area contributed by atoms with E-state index in [0.29, 0.717) is 5.57 Å². The van der Waals surface area contributed by atoms with Crippen LogP contribution in [0.3, 0.4) is 0 Å². The van der Waals surface area contributed by atoms with Crippen LogP contribution in [-0.2, 0) is 18.0 Å². The van der Waals surface area contributed by atoms with Gasteiger partial charge in [-0.1, -0.05) is 47.1 Å². The van der Waals surface area contributed by atoms with Crippen molar-refractivity contribution >= 4 is 15.6 Å². The second-order valence-corrected chi connectivity index (χ2v) is 8.11. The molecule has 0 amide bonds. The van der Waals surface area contributed by atoms with E-state index in [-0.39, 0.29) is 0 Å². The SMILES string of the molecule is CC(C)=CCC/C(C)=C/C=C/C(C)=C/COP(=O)([O-])OP(=O)([O-])[O-]. The fourth-order valence-corrected chi connectivity index (χ4v) is 2.94. The van der Waals surface area contributed by atoms with Crippen LogP contribution in [-0.4, -0.2) is 6.61 Å². The summed E-state index contributed by atoms with van der Waals surface area (Å²) in [7, 11) is -10.8. The third-order valence-corrected chi connectivity index (χ3v) is 4.73. The summed E-state index contributed by atoms with van der Waals surface area (Å²) in [6.45, 7) is 7.40. The molecule has 0 spiro atoms. The monoisotopic (exact) mass is 377 g/mol.